The van der Waals surface area contributed by atoms with Gasteiger partial charge >= 0.3 is 0 Å². The number of rotatable bonds is 2. The van der Waals surface area contributed by atoms with Crippen molar-refractivity contribution in [3.05, 3.63) is 33.8 Å². The third-order valence-corrected chi connectivity index (χ3v) is 6.71. The summed E-state index contributed by atoms with van der Waals surface area (Å²) < 4.78 is 4.60. The zero-order valence-electron chi connectivity index (χ0n) is 10.1. The Kier molecular flexibility index (Phi) is 4.50. The number of hydrogen-bond donors (Lipinski definition) is 0. The quantitative estimate of drug-likeness (QED) is 0.538. The van der Waals surface area contributed by atoms with Gasteiger partial charge < -0.3 is 4.74 Å². The maximum atomic E-state index is 6.14. The molecule has 2 rings (SSSR count). The largest absolute Gasteiger partial charge is 0.454 e. The molecule has 2 unspecified atom stereocenters. The fraction of sp³-hybridized carbons (Fsp3) is 0.417. The van der Waals surface area contributed by atoms with E-state index in [1.807, 2.05) is 13.8 Å². The van der Waals surface area contributed by atoms with E-state index < -0.39 is 14.3 Å². The summed E-state index contributed by atoms with van der Waals surface area (Å²) in [5.74, 6) is 0.455. The lowest BCUT2D eigenvalue weighted by Crippen LogP contribution is -2.46. The van der Waals surface area contributed by atoms with E-state index in [4.69, 9.17) is 39.5 Å². The molecule has 1 aromatic rings. The van der Waals surface area contributed by atoms with Crippen molar-refractivity contribution in [2.75, 3.05) is 0 Å². The fourth-order valence-corrected chi connectivity index (χ4v) is 3.46. The first-order valence-corrected chi connectivity index (χ1v) is 8.28. The number of aliphatic imine (C=N–C) groups is 1. The zero-order chi connectivity index (χ0) is 14.4. The molecule has 0 bridgehead atoms. The molecule has 7 heteroatoms. The van der Waals surface area contributed by atoms with E-state index in [0.29, 0.717) is 15.9 Å². The van der Waals surface area contributed by atoms with Crippen LogP contribution in [0.4, 0.5) is 0 Å². The van der Waals surface area contributed by atoms with Crippen molar-refractivity contribution >= 4 is 72.6 Å². The second-order valence-corrected chi connectivity index (χ2v) is 8.61. The predicted molar refractivity (Wildman–Crippen MR) is 88.4 cm³/mol. The summed E-state index contributed by atoms with van der Waals surface area (Å²) in [5, 5.41) is 1.06. The summed E-state index contributed by atoms with van der Waals surface area (Å²) in [6.45, 7) is 3.86. The molecular weight excluding hydrogens is 440 g/mol. The van der Waals surface area contributed by atoms with Crippen LogP contribution in [0.1, 0.15) is 19.4 Å². The van der Waals surface area contributed by atoms with Crippen LogP contribution >= 0.6 is 66.7 Å². The first kappa shape index (κ1) is 15.9. The van der Waals surface area contributed by atoms with Gasteiger partial charge in [-0.25, -0.2) is 4.99 Å². The molecule has 0 saturated carbocycles. The average molecular weight is 450 g/mol. The van der Waals surface area contributed by atoms with Gasteiger partial charge in [-0.3, -0.25) is 0 Å². The van der Waals surface area contributed by atoms with Crippen LogP contribution in [0.25, 0.3) is 0 Å². The van der Waals surface area contributed by atoms with Gasteiger partial charge in [-0.1, -0.05) is 39.1 Å². The lowest BCUT2D eigenvalue weighted by Gasteiger charge is -2.33. The standard InChI is InChI=1S/C12H10Br2Cl3NO/c1-11(2)12(14,10(13)17)19-9(18-11)6-3-7(15)5-8(16)4-6/h3-5,10H,1-2H3. The van der Waals surface area contributed by atoms with Gasteiger partial charge in [0.1, 0.15) is 9.83 Å². The van der Waals surface area contributed by atoms with Gasteiger partial charge in [0, 0.05) is 15.6 Å². The van der Waals surface area contributed by atoms with Crippen LogP contribution in [0, 0.1) is 0 Å². The maximum absolute atomic E-state index is 6.14. The molecule has 0 aromatic heterocycles. The van der Waals surface area contributed by atoms with E-state index in [9.17, 15) is 0 Å². The molecule has 1 aliphatic heterocycles. The molecule has 2 nitrogen and oxygen atoms in total. The topological polar surface area (TPSA) is 21.6 Å². The van der Waals surface area contributed by atoms with E-state index in [0.717, 1.165) is 5.56 Å². The summed E-state index contributed by atoms with van der Waals surface area (Å²) in [6.07, 6.45) is 0. The summed E-state index contributed by atoms with van der Waals surface area (Å²) >= 11 is 25.0. The number of ether oxygens (including phenoxy) is 1. The Hall–Kier alpha value is 0.520. The summed E-state index contributed by atoms with van der Waals surface area (Å²) in [6, 6.07) is 5.15. The molecule has 1 aromatic carbocycles. The minimum atomic E-state index is -0.842. The smallest absolute Gasteiger partial charge is 0.218 e. The maximum Gasteiger partial charge on any atom is 0.218 e. The first-order valence-electron chi connectivity index (χ1n) is 5.38. The molecule has 0 saturated heterocycles. The number of halogens is 5. The van der Waals surface area contributed by atoms with Crippen LogP contribution in [0.5, 0.6) is 0 Å². The lowest BCUT2D eigenvalue weighted by atomic mass is 10.0. The number of nitrogens with zero attached hydrogens (tertiary/aromatic N) is 1. The van der Waals surface area contributed by atoms with E-state index >= 15 is 0 Å². The summed E-state index contributed by atoms with van der Waals surface area (Å²) in [7, 11) is 0. The number of benzene rings is 1. The summed E-state index contributed by atoms with van der Waals surface area (Å²) in [5.41, 5.74) is 0.171. The Balaban J connectivity index is 2.44. The van der Waals surface area contributed by atoms with Crippen LogP contribution in [0.2, 0.25) is 10.0 Å². The van der Waals surface area contributed by atoms with Crippen molar-refractivity contribution in [3.8, 4) is 0 Å². The van der Waals surface area contributed by atoms with Gasteiger partial charge in [-0.15, -0.1) is 11.6 Å². The van der Waals surface area contributed by atoms with E-state index in [-0.39, 0.29) is 0 Å². The van der Waals surface area contributed by atoms with Crippen LogP contribution in [0.15, 0.2) is 23.2 Å². The molecule has 1 aliphatic rings. The van der Waals surface area contributed by atoms with Crippen LogP contribution in [0.3, 0.4) is 0 Å². The Morgan fingerprint density at radius 2 is 1.74 bits per heavy atom. The molecule has 0 aliphatic carbocycles. The molecule has 2 atom stereocenters. The third-order valence-electron chi connectivity index (χ3n) is 2.85. The Morgan fingerprint density at radius 1 is 1.21 bits per heavy atom. The highest BCUT2D eigenvalue weighted by molar-refractivity contribution is 9.13. The summed E-state index contributed by atoms with van der Waals surface area (Å²) in [4.78, 5) is 4.56. The molecule has 0 radical (unpaired) electrons. The molecule has 0 fully saturated rings. The van der Waals surface area contributed by atoms with E-state index in [1.54, 1.807) is 18.2 Å². The zero-order valence-corrected chi connectivity index (χ0v) is 15.5. The van der Waals surface area contributed by atoms with Crippen molar-refractivity contribution < 1.29 is 4.74 Å². The van der Waals surface area contributed by atoms with Crippen molar-refractivity contribution in [2.24, 2.45) is 4.99 Å². The highest BCUT2D eigenvalue weighted by Crippen LogP contribution is 2.48. The monoisotopic (exact) mass is 447 g/mol. The average Bonchev–Trinajstić information content (AvgIpc) is 2.50. The normalized spacial score (nSPS) is 26.8. The van der Waals surface area contributed by atoms with Gasteiger partial charge in [-0.2, -0.15) is 0 Å². The molecule has 1 heterocycles. The molecule has 0 amide bonds. The number of alkyl halides is 3. The minimum absolute atomic E-state index is 0.453. The SMILES string of the molecule is CC1(C)N=C(c2cc(Cl)cc(Cl)c2)OC1(Br)C(Cl)Br. The van der Waals surface area contributed by atoms with Crippen molar-refractivity contribution in [3.63, 3.8) is 0 Å². The molecule has 104 valence electrons. The van der Waals surface area contributed by atoms with Crippen molar-refractivity contribution in [2.45, 2.75) is 28.2 Å². The van der Waals surface area contributed by atoms with Crippen molar-refractivity contribution in [1.82, 2.24) is 0 Å². The van der Waals surface area contributed by atoms with Gasteiger partial charge in [0.15, 0.2) is 0 Å². The Labute approximate surface area is 143 Å². The van der Waals surface area contributed by atoms with Crippen LogP contribution < -0.4 is 0 Å². The highest BCUT2D eigenvalue weighted by Gasteiger charge is 2.55. The van der Waals surface area contributed by atoms with E-state index in [1.165, 1.54) is 0 Å². The fourth-order valence-electron chi connectivity index (χ4n) is 1.73. The minimum Gasteiger partial charge on any atom is -0.454 e. The Morgan fingerprint density at radius 3 is 2.16 bits per heavy atom. The second kappa shape index (κ2) is 5.38. The number of hydrogen-bond acceptors (Lipinski definition) is 2. The Bertz CT molecular complexity index is 528. The first-order chi connectivity index (χ1) is 8.65. The molecular formula is C12H10Br2Cl3NO. The van der Waals surface area contributed by atoms with Crippen molar-refractivity contribution in [1.29, 1.82) is 0 Å². The third kappa shape index (κ3) is 2.93. The van der Waals surface area contributed by atoms with Gasteiger partial charge in [0.05, 0.1) is 0 Å². The van der Waals surface area contributed by atoms with Gasteiger partial charge in [-0.05, 0) is 48.0 Å². The van der Waals surface area contributed by atoms with E-state index in [2.05, 4.69) is 36.9 Å². The molecule has 0 spiro atoms. The second-order valence-electron chi connectivity index (χ2n) is 4.68. The van der Waals surface area contributed by atoms with Gasteiger partial charge in [0.25, 0.3) is 0 Å². The predicted octanol–water partition coefficient (Wildman–Crippen LogP) is 5.60. The lowest BCUT2D eigenvalue weighted by molar-refractivity contribution is 0.143. The van der Waals surface area contributed by atoms with Crippen LogP contribution in [-0.4, -0.2) is 20.2 Å². The highest BCUT2D eigenvalue weighted by atomic mass is 79.9. The van der Waals surface area contributed by atoms with Crippen LogP contribution in [-0.2, 0) is 4.74 Å². The molecule has 0 N–H and O–H groups in total. The molecule has 19 heavy (non-hydrogen) atoms. The van der Waals surface area contributed by atoms with Gasteiger partial charge in [0.2, 0.25) is 10.4 Å².